The van der Waals surface area contributed by atoms with Crippen LogP contribution in [0.25, 0.3) is 0 Å². The molecule has 0 aliphatic heterocycles. The van der Waals surface area contributed by atoms with Crippen molar-refractivity contribution in [1.29, 1.82) is 0 Å². The molecule has 0 spiro atoms. The number of hydrogen-bond donors (Lipinski definition) is 1. The SMILES string of the molecule is COCCOCCNC(C)c1ncc(C)o1. The van der Waals surface area contributed by atoms with Gasteiger partial charge in [-0.25, -0.2) is 4.98 Å². The summed E-state index contributed by atoms with van der Waals surface area (Å²) in [5.41, 5.74) is 0. The van der Waals surface area contributed by atoms with E-state index in [0.717, 1.165) is 18.2 Å². The van der Waals surface area contributed by atoms with Gasteiger partial charge in [0.25, 0.3) is 0 Å². The summed E-state index contributed by atoms with van der Waals surface area (Å²) in [6.07, 6.45) is 1.72. The van der Waals surface area contributed by atoms with Crippen molar-refractivity contribution in [2.45, 2.75) is 19.9 Å². The summed E-state index contributed by atoms with van der Waals surface area (Å²) in [4.78, 5) is 4.15. The van der Waals surface area contributed by atoms with E-state index in [9.17, 15) is 0 Å². The number of oxazole rings is 1. The van der Waals surface area contributed by atoms with Gasteiger partial charge in [-0.05, 0) is 13.8 Å². The number of aromatic nitrogens is 1. The monoisotopic (exact) mass is 228 g/mol. The second-order valence-electron chi connectivity index (χ2n) is 3.59. The zero-order valence-corrected chi connectivity index (χ0v) is 10.2. The van der Waals surface area contributed by atoms with E-state index in [1.54, 1.807) is 13.3 Å². The van der Waals surface area contributed by atoms with Crippen LogP contribution in [0.5, 0.6) is 0 Å². The van der Waals surface area contributed by atoms with Crippen molar-refractivity contribution < 1.29 is 13.9 Å². The molecule has 5 heteroatoms. The minimum Gasteiger partial charge on any atom is -0.444 e. The Morgan fingerprint density at radius 2 is 2.25 bits per heavy atom. The van der Waals surface area contributed by atoms with Crippen LogP contribution >= 0.6 is 0 Å². The summed E-state index contributed by atoms with van der Waals surface area (Å²) in [5, 5.41) is 3.27. The van der Waals surface area contributed by atoms with Gasteiger partial charge in [-0.3, -0.25) is 0 Å². The highest BCUT2D eigenvalue weighted by Crippen LogP contribution is 2.11. The van der Waals surface area contributed by atoms with Crippen molar-refractivity contribution in [3.63, 3.8) is 0 Å². The molecule has 92 valence electrons. The molecular weight excluding hydrogens is 208 g/mol. The standard InChI is InChI=1S/C11H20N2O3/c1-9-8-13-11(16-9)10(2)12-4-5-15-7-6-14-3/h8,10,12H,4-7H2,1-3H3. The van der Waals surface area contributed by atoms with Crippen molar-refractivity contribution in [2.75, 3.05) is 33.5 Å². The van der Waals surface area contributed by atoms with Crippen molar-refractivity contribution in [3.05, 3.63) is 17.8 Å². The fraction of sp³-hybridized carbons (Fsp3) is 0.727. The number of nitrogens with zero attached hydrogens (tertiary/aromatic N) is 1. The summed E-state index contributed by atoms with van der Waals surface area (Å²) in [6, 6.07) is 0.111. The van der Waals surface area contributed by atoms with Crippen LogP contribution in [0.2, 0.25) is 0 Å². The smallest absolute Gasteiger partial charge is 0.211 e. The van der Waals surface area contributed by atoms with Crippen LogP contribution in [0, 0.1) is 6.92 Å². The quantitative estimate of drug-likeness (QED) is 0.680. The van der Waals surface area contributed by atoms with Gasteiger partial charge in [-0.2, -0.15) is 0 Å². The van der Waals surface area contributed by atoms with Crippen molar-refractivity contribution in [3.8, 4) is 0 Å². The Bertz CT molecular complexity index is 289. The highest BCUT2D eigenvalue weighted by molar-refractivity contribution is 4.94. The second-order valence-corrected chi connectivity index (χ2v) is 3.59. The van der Waals surface area contributed by atoms with Crippen LogP contribution in [0.3, 0.4) is 0 Å². The number of rotatable bonds is 8. The maximum absolute atomic E-state index is 5.41. The van der Waals surface area contributed by atoms with Crippen LogP contribution in [0.1, 0.15) is 24.6 Å². The van der Waals surface area contributed by atoms with Crippen molar-refractivity contribution >= 4 is 0 Å². The molecule has 16 heavy (non-hydrogen) atoms. The molecule has 0 fully saturated rings. The Morgan fingerprint density at radius 1 is 1.44 bits per heavy atom. The molecule has 0 saturated carbocycles. The summed E-state index contributed by atoms with van der Waals surface area (Å²) < 4.78 is 15.6. The lowest BCUT2D eigenvalue weighted by Gasteiger charge is -2.10. The maximum atomic E-state index is 5.41. The molecule has 0 aliphatic carbocycles. The summed E-state index contributed by atoms with van der Waals surface area (Å²) in [6.45, 7) is 6.59. The molecule has 5 nitrogen and oxygen atoms in total. The highest BCUT2D eigenvalue weighted by Gasteiger charge is 2.09. The lowest BCUT2D eigenvalue weighted by Crippen LogP contribution is -2.24. The fourth-order valence-corrected chi connectivity index (χ4v) is 1.25. The molecule has 1 unspecified atom stereocenters. The average molecular weight is 228 g/mol. The molecular formula is C11H20N2O3. The van der Waals surface area contributed by atoms with Crippen molar-refractivity contribution in [1.82, 2.24) is 10.3 Å². The Morgan fingerprint density at radius 3 is 2.88 bits per heavy atom. The summed E-state index contributed by atoms with van der Waals surface area (Å²) in [5.74, 6) is 1.55. The minimum absolute atomic E-state index is 0.111. The van der Waals surface area contributed by atoms with Crippen LogP contribution in [0.15, 0.2) is 10.6 Å². The van der Waals surface area contributed by atoms with Crippen LogP contribution in [0.4, 0.5) is 0 Å². The van der Waals surface area contributed by atoms with Gasteiger partial charge < -0.3 is 19.2 Å². The van der Waals surface area contributed by atoms with E-state index in [2.05, 4.69) is 10.3 Å². The third kappa shape index (κ3) is 4.74. The zero-order chi connectivity index (χ0) is 11.8. The van der Waals surface area contributed by atoms with E-state index in [4.69, 9.17) is 13.9 Å². The average Bonchev–Trinajstić information content (AvgIpc) is 2.70. The molecule has 1 atom stereocenters. The van der Waals surface area contributed by atoms with E-state index in [1.807, 2.05) is 13.8 Å². The predicted molar refractivity (Wildman–Crippen MR) is 60.4 cm³/mol. The fourth-order valence-electron chi connectivity index (χ4n) is 1.25. The van der Waals surface area contributed by atoms with Gasteiger partial charge in [0, 0.05) is 13.7 Å². The molecule has 1 aromatic rings. The molecule has 0 aromatic carbocycles. The number of nitrogens with one attached hydrogen (secondary N) is 1. The highest BCUT2D eigenvalue weighted by atomic mass is 16.5. The molecule has 0 saturated heterocycles. The first-order valence-electron chi connectivity index (χ1n) is 5.46. The molecule has 1 rings (SSSR count). The Balaban J connectivity index is 2.09. The molecule has 0 radical (unpaired) electrons. The molecule has 0 amide bonds. The Hall–Kier alpha value is -0.910. The van der Waals surface area contributed by atoms with Crippen molar-refractivity contribution in [2.24, 2.45) is 0 Å². The number of hydrogen-bond acceptors (Lipinski definition) is 5. The zero-order valence-electron chi connectivity index (χ0n) is 10.2. The molecule has 1 N–H and O–H groups in total. The number of aryl methyl sites for hydroxylation is 1. The second kappa shape index (κ2) is 7.38. The number of ether oxygens (including phenoxy) is 2. The van der Waals surface area contributed by atoms with E-state index in [0.29, 0.717) is 19.8 Å². The van der Waals surface area contributed by atoms with Gasteiger partial charge in [-0.15, -0.1) is 0 Å². The normalized spacial score (nSPS) is 12.9. The van der Waals surface area contributed by atoms with Crippen LogP contribution < -0.4 is 5.32 Å². The van der Waals surface area contributed by atoms with E-state index >= 15 is 0 Å². The Kier molecular flexibility index (Phi) is 6.07. The van der Waals surface area contributed by atoms with Gasteiger partial charge in [0.1, 0.15) is 5.76 Å². The predicted octanol–water partition coefficient (Wildman–Crippen LogP) is 1.30. The topological polar surface area (TPSA) is 56.5 Å². The Labute approximate surface area is 96.1 Å². The van der Waals surface area contributed by atoms with E-state index in [-0.39, 0.29) is 6.04 Å². The van der Waals surface area contributed by atoms with Gasteiger partial charge in [0.2, 0.25) is 5.89 Å². The molecule has 0 bridgehead atoms. The third-order valence-corrected chi connectivity index (χ3v) is 2.14. The first-order chi connectivity index (χ1) is 7.74. The van der Waals surface area contributed by atoms with Gasteiger partial charge in [0.15, 0.2) is 0 Å². The van der Waals surface area contributed by atoms with Gasteiger partial charge in [-0.1, -0.05) is 0 Å². The molecule has 0 aliphatic rings. The largest absolute Gasteiger partial charge is 0.444 e. The third-order valence-electron chi connectivity index (χ3n) is 2.14. The van der Waals surface area contributed by atoms with Gasteiger partial charge in [0.05, 0.1) is 32.1 Å². The lowest BCUT2D eigenvalue weighted by molar-refractivity contribution is 0.0709. The van der Waals surface area contributed by atoms with E-state index < -0.39 is 0 Å². The van der Waals surface area contributed by atoms with E-state index in [1.165, 1.54) is 0 Å². The maximum Gasteiger partial charge on any atom is 0.211 e. The summed E-state index contributed by atoms with van der Waals surface area (Å²) in [7, 11) is 1.66. The molecule has 1 heterocycles. The van der Waals surface area contributed by atoms with Crippen LogP contribution in [-0.4, -0.2) is 38.5 Å². The number of methoxy groups -OCH3 is 1. The molecule has 1 aromatic heterocycles. The van der Waals surface area contributed by atoms with Crippen LogP contribution in [-0.2, 0) is 9.47 Å². The lowest BCUT2D eigenvalue weighted by atomic mass is 10.3. The minimum atomic E-state index is 0.111. The van der Waals surface area contributed by atoms with Gasteiger partial charge >= 0.3 is 0 Å². The first kappa shape index (κ1) is 13.2. The summed E-state index contributed by atoms with van der Waals surface area (Å²) >= 11 is 0. The first-order valence-corrected chi connectivity index (χ1v) is 5.46.